The molecule has 0 aromatic carbocycles. The summed E-state index contributed by atoms with van der Waals surface area (Å²) >= 11 is 0. The smallest absolute Gasteiger partial charge is 0.314 e. The molecule has 2 rings (SSSR count). The summed E-state index contributed by atoms with van der Waals surface area (Å²) in [5, 5.41) is 5.87. The normalized spacial score (nSPS) is 30.1. The topological polar surface area (TPSA) is 56.8 Å². The lowest BCUT2D eigenvalue weighted by Crippen LogP contribution is -2.55. The molecule has 0 aromatic heterocycles. The first-order chi connectivity index (χ1) is 11.1. The number of hydrogen-bond donors (Lipinski definition) is 2. The van der Waals surface area contributed by atoms with Crippen LogP contribution in [0, 0.1) is 5.92 Å². The standard InChI is InChI=1S/C17H34N4O2/c1-14-6-4-5-7-16(14)23-11-8-18-17(22)19-12-15-13-20(2)9-10-21(15)3/h14-16H,4-13H2,1-3H3,(H2,18,19,22)/t14-,15+,16+/m1/s1. The Balaban J connectivity index is 1.54. The molecule has 23 heavy (non-hydrogen) atoms. The van der Waals surface area contributed by atoms with E-state index in [1.165, 1.54) is 19.3 Å². The molecule has 1 heterocycles. The summed E-state index contributed by atoms with van der Waals surface area (Å²) in [4.78, 5) is 16.5. The van der Waals surface area contributed by atoms with Crippen molar-refractivity contribution in [1.82, 2.24) is 20.4 Å². The molecule has 0 bridgehead atoms. The summed E-state index contributed by atoms with van der Waals surface area (Å²) in [5.74, 6) is 0.649. The maximum Gasteiger partial charge on any atom is 0.314 e. The molecule has 2 aliphatic rings. The molecule has 0 spiro atoms. The number of likely N-dealkylation sites (N-methyl/N-ethyl adjacent to an activating group) is 2. The minimum Gasteiger partial charge on any atom is -0.376 e. The van der Waals surface area contributed by atoms with E-state index in [4.69, 9.17) is 4.74 Å². The van der Waals surface area contributed by atoms with E-state index >= 15 is 0 Å². The van der Waals surface area contributed by atoms with Crippen molar-refractivity contribution in [2.24, 2.45) is 5.92 Å². The molecule has 1 aliphatic carbocycles. The maximum atomic E-state index is 11.9. The van der Waals surface area contributed by atoms with E-state index in [1.54, 1.807) is 0 Å². The van der Waals surface area contributed by atoms with Gasteiger partial charge in [-0.3, -0.25) is 4.90 Å². The number of urea groups is 1. The summed E-state index contributed by atoms with van der Waals surface area (Å²) in [6.07, 6.45) is 5.40. The van der Waals surface area contributed by atoms with Gasteiger partial charge in [-0.2, -0.15) is 0 Å². The lowest BCUT2D eigenvalue weighted by atomic mass is 9.88. The van der Waals surface area contributed by atoms with Crippen molar-refractivity contribution in [3.63, 3.8) is 0 Å². The molecule has 2 fully saturated rings. The highest BCUT2D eigenvalue weighted by atomic mass is 16.5. The highest BCUT2D eigenvalue weighted by molar-refractivity contribution is 5.73. The number of piperazine rings is 1. The van der Waals surface area contributed by atoms with E-state index in [9.17, 15) is 4.79 Å². The lowest BCUT2D eigenvalue weighted by Gasteiger charge is -2.37. The van der Waals surface area contributed by atoms with Crippen molar-refractivity contribution < 1.29 is 9.53 Å². The van der Waals surface area contributed by atoms with Crippen LogP contribution in [0.2, 0.25) is 0 Å². The molecular formula is C17H34N4O2. The molecule has 2 N–H and O–H groups in total. The summed E-state index contributed by atoms with van der Waals surface area (Å²) in [7, 11) is 4.25. The van der Waals surface area contributed by atoms with Crippen LogP contribution in [-0.2, 0) is 4.74 Å². The summed E-state index contributed by atoms with van der Waals surface area (Å²) in [6, 6.07) is 0.297. The van der Waals surface area contributed by atoms with Crippen molar-refractivity contribution in [1.29, 1.82) is 0 Å². The van der Waals surface area contributed by atoms with Crippen LogP contribution < -0.4 is 10.6 Å². The minimum atomic E-state index is -0.0908. The van der Waals surface area contributed by atoms with E-state index in [-0.39, 0.29) is 6.03 Å². The van der Waals surface area contributed by atoms with Gasteiger partial charge in [0.05, 0.1) is 12.7 Å². The van der Waals surface area contributed by atoms with E-state index in [0.717, 1.165) is 26.1 Å². The van der Waals surface area contributed by atoms with Crippen LogP contribution in [0.3, 0.4) is 0 Å². The quantitative estimate of drug-likeness (QED) is 0.719. The number of amides is 2. The lowest BCUT2D eigenvalue weighted by molar-refractivity contribution is -0.00244. The van der Waals surface area contributed by atoms with Gasteiger partial charge in [-0.1, -0.05) is 19.8 Å². The van der Waals surface area contributed by atoms with Crippen LogP contribution in [0.25, 0.3) is 0 Å². The number of carbonyl (C=O) groups excluding carboxylic acids is 1. The van der Waals surface area contributed by atoms with Gasteiger partial charge in [0.1, 0.15) is 0 Å². The van der Waals surface area contributed by atoms with Crippen LogP contribution in [-0.4, -0.2) is 81.4 Å². The first-order valence-corrected chi connectivity index (χ1v) is 9.08. The average Bonchev–Trinajstić information content (AvgIpc) is 2.54. The maximum absolute atomic E-state index is 11.9. The Morgan fingerprint density at radius 1 is 1.17 bits per heavy atom. The molecule has 0 unspecified atom stereocenters. The largest absolute Gasteiger partial charge is 0.376 e. The fourth-order valence-electron chi connectivity index (χ4n) is 3.50. The Labute approximate surface area is 140 Å². The van der Waals surface area contributed by atoms with Crippen LogP contribution in [0.5, 0.6) is 0 Å². The van der Waals surface area contributed by atoms with Crippen molar-refractivity contribution >= 4 is 6.03 Å². The van der Waals surface area contributed by atoms with Gasteiger partial charge in [0, 0.05) is 38.8 Å². The second kappa shape index (κ2) is 9.45. The Hall–Kier alpha value is -0.850. The summed E-state index contributed by atoms with van der Waals surface area (Å²) in [6.45, 7) is 7.28. The van der Waals surface area contributed by atoms with E-state index in [2.05, 4.69) is 41.5 Å². The molecule has 0 radical (unpaired) electrons. The second-order valence-corrected chi connectivity index (χ2v) is 7.20. The summed E-state index contributed by atoms with van der Waals surface area (Å²) in [5.41, 5.74) is 0. The molecule has 2 amide bonds. The predicted octanol–water partition coefficient (Wildman–Crippen LogP) is 1.13. The molecular weight excluding hydrogens is 292 g/mol. The fraction of sp³-hybridized carbons (Fsp3) is 0.941. The third-order valence-corrected chi connectivity index (χ3v) is 5.23. The zero-order valence-corrected chi connectivity index (χ0v) is 15.0. The van der Waals surface area contributed by atoms with E-state index < -0.39 is 0 Å². The van der Waals surface area contributed by atoms with Crippen LogP contribution >= 0.6 is 0 Å². The van der Waals surface area contributed by atoms with Crippen LogP contribution in [0.1, 0.15) is 32.6 Å². The number of hydrogen-bond acceptors (Lipinski definition) is 4. The Morgan fingerprint density at radius 3 is 2.74 bits per heavy atom. The van der Waals surface area contributed by atoms with Gasteiger partial charge in [0.15, 0.2) is 0 Å². The number of rotatable bonds is 6. The zero-order valence-electron chi connectivity index (χ0n) is 15.0. The summed E-state index contributed by atoms with van der Waals surface area (Å²) < 4.78 is 5.91. The number of ether oxygens (including phenoxy) is 1. The van der Waals surface area contributed by atoms with Gasteiger partial charge in [0.2, 0.25) is 0 Å². The van der Waals surface area contributed by atoms with Crippen molar-refractivity contribution in [3.05, 3.63) is 0 Å². The molecule has 1 saturated heterocycles. The highest BCUT2D eigenvalue weighted by Gasteiger charge is 2.23. The van der Waals surface area contributed by atoms with E-state index in [0.29, 0.717) is 37.8 Å². The molecule has 3 atom stereocenters. The number of carbonyl (C=O) groups is 1. The monoisotopic (exact) mass is 326 g/mol. The van der Waals surface area contributed by atoms with Gasteiger partial charge in [-0.05, 0) is 32.9 Å². The number of nitrogens with one attached hydrogen (secondary N) is 2. The molecule has 6 heteroatoms. The molecule has 1 aliphatic heterocycles. The molecule has 1 saturated carbocycles. The predicted molar refractivity (Wildman–Crippen MR) is 92.7 cm³/mol. The van der Waals surface area contributed by atoms with Gasteiger partial charge >= 0.3 is 6.03 Å². The van der Waals surface area contributed by atoms with Crippen molar-refractivity contribution in [2.45, 2.75) is 44.8 Å². The van der Waals surface area contributed by atoms with Gasteiger partial charge in [-0.25, -0.2) is 4.79 Å². The van der Waals surface area contributed by atoms with Crippen LogP contribution in [0.15, 0.2) is 0 Å². The minimum absolute atomic E-state index is 0.0908. The van der Waals surface area contributed by atoms with Crippen LogP contribution in [0.4, 0.5) is 4.79 Å². The van der Waals surface area contributed by atoms with Crippen molar-refractivity contribution in [2.75, 3.05) is 53.4 Å². The van der Waals surface area contributed by atoms with E-state index in [1.807, 2.05) is 0 Å². The first-order valence-electron chi connectivity index (χ1n) is 9.08. The highest BCUT2D eigenvalue weighted by Crippen LogP contribution is 2.25. The van der Waals surface area contributed by atoms with Gasteiger partial charge in [-0.15, -0.1) is 0 Å². The van der Waals surface area contributed by atoms with Gasteiger partial charge in [0.25, 0.3) is 0 Å². The van der Waals surface area contributed by atoms with Gasteiger partial charge < -0.3 is 20.3 Å². The fourth-order valence-corrected chi connectivity index (χ4v) is 3.50. The molecule has 6 nitrogen and oxygen atoms in total. The Kier molecular flexibility index (Phi) is 7.59. The Morgan fingerprint density at radius 2 is 1.96 bits per heavy atom. The third-order valence-electron chi connectivity index (χ3n) is 5.23. The molecule has 0 aromatic rings. The van der Waals surface area contributed by atoms with Crippen molar-refractivity contribution in [3.8, 4) is 0 Å². The zero-order chi connectivity index (χ0) is 16.7. The SMILES string of the molecule is C[C@@H]1CCCC[C@@H]1OCCNC(=O)NC[C@H]1CN(C)CCN1C. The third kappa shape index (κ3) is 6.28. The molecule has 134 valence electrons. The average molecular weight is 326 g/mol. The first kappa shape index (κ1) is 18.5. The Bertz CT molecular complexity index is 367. The number of nitrogens with zero attached hydrogens (tertiary/aromatic N) is 2. The second-order valence-electron chi connectivity index (χ2n) is 7.20.